The second-order valence-electron chi connectivity index (χ2n) is 6.75. The van der Waals surface area contributed by atoms with Crippen molar-refractivity contribution in [3.05, 3.63) is 70.3 Å². The summed E-state index contributed by atoms with van der Waals surface area (Å²) < 4.78 is 1.81. The van der Waals surface area contributed by atoms with Crippen LogP contribution < -0.4 is 5.56 Å². The van der Waals surface area contributed by atoms with Crippen molar-refractivity contribution in [1.82, 2.24) is 19.5 Å². The number of hydrogen-bond acceptors (Lipinski definition) is 5. The largest absolute Gasteiger partial charge is 0.287 e. The van der Waals surface area contributed by atoms with E-state index in [-0.39, 0.29) is 5.56 Å². The van der Waals surface area contributed by atoms with Gasteiger partial charge >= 0.3 is 0 Å². The molecule has 5 nitrogen and oxygen atoms in total. The van der Waals surface area contributed by atoms with Crippen LogP contribution in [0.3, 0.4) is 0 Å². The molecule has 6 heteroatoms. The van der Waals surface area contributed by atoms with Gasteiger partial charge in [0.25, 0.3) is 5.56 Å². The zero-order valence-corrected chi connectivity index (χ0v) is 16.9. The van der Waals surface area contributed by atoms with Crippen molar-refractivity contribution in [3.8, 4) is 0 Å². The lowest BCUT2D eigenvalue weighted by Gasteiger charge is -2.13. The third-order valence-electron chi connectivity index (χ3n) is 4.74. The molecule has 4 rings (SSSR count). The highest BCUT2D eigenvalue weighted by molar-refractivity contribution is 7.98. The van der Waals surface area contributed by atoms with Gasteiger partial charge in [-0.2, -0.15) is 0 Å². The molecule has 0 amide bonds. The Morgan fingerprint density at radius 3 is 2.36 bits per heavy atom. The van der Waals surface area contributed by atoms with Gasteiger partial charge in [-0.3, -0.25) is 9.36 Å². The molecule has 0 aliphatic rings. The average molecular weight is 391 g/mol. The number of hydrogen-bond donors (Lipinski definition) is 0. The number of para-hydroxylation sites is 3. The van der Waals surface area contributed by atoms with E-state index in [0.29, 0.717) is 17.7 Å². The third-order valence-corrected chi connectivity index (χ3v) is 5.73. The maximum Gasteiger partial charge on any atom is 0.262 e. The molecule has 28 heavy (non-hydrogen) atoms. The van der Waals surface area contributed by atoms with Gasteiger partial charge in [0.15, 0.2) is 5.16 Å². The van der Waals surface area contributed by atoms with Gasteiger partial charge in [0.05, 0.1) is 33.3 Å². The monoisotopic (exact) mass is 390 g/mol. The standard InChI is InChI=1S/C22H22N4OS/c1-3-4-13-26-21(27)16-9-5-6-10-17(16)25-22(26)28-14-20-15(2)23-18-11-7-8-12-19(18)24-20/h5-12H,3-4,13-14H2,1-2H3. The number of aromatic nitrogens is 4. The van der Waals surface area contributed by atoms with Gasteiger partial charge in [-0.25, -0.2) is 15.0 Å². The smallest absolute Gasteiger partial charge is 0.262 e. The molecule has 142 valence electrons. The summed E-state index contributed by atoms with van der Waals surface area (Å²) in [5.41, 5.74) is 4.39. The third kappa shape index (κ3) is 3.64. The minimum absolute atomic E-state index is 0.0304. The van der Waals surface area contributed by atoms with Crippen LogP contribution in [0.25, 0.3) is 21.9 Å². The van der Waals surface area contributed by atoms with Crippen LogP contribution in [0, 0.1) is 6.92 Å². The molecule has 0 bridgehead atoms. The Hall–Kier alpha value is -2.73. The molecule has 0 saturated heterocycles. The number of unbranched alkanes of at least 4 members (excludes halogenated alkanes) is 1. The van der Waals surface area contributed by atoms with Crippen LogP contribution in [0.5, 0.6) is 0 Å². The summed E-state index contributed by atoms with van der Waals surface area (Å²) in [6.07, 6.45) is 1.97. The quantitative estimate of drug-likeness (QED) is 0.351. The van der Waals surface area contributed by atoms with Gasteiger partial charge in [0, 0.05) is 12.3 Å². The first-order valence-corrected chi connectivity index (χ1v) is 10.5. The zero-order valence-electron chi connectivity index (χ0n) is 16.1. The second kappa shape index (κ2) is 8.10. The van der Waals surface area contributed by atoms with Gasteiger partial charge < -0.3 is 0 Å². The van der Waals surface area contributed by atoms with E-state index >= 15 is 0 Å². The van der Waals surface area contributed by atoms with Gasteiger partial charge in [-0.15, -0.1) is 0 Å². The Morgan fingerprint density at radius 2 is 1.61 bits per heavy atom. The summed E-state index contributed by atoms with van der Waals surface area (Å²) in [5.74, 6) is 0.626. The molecule has 2 heterocycles. The fourth-order valence-electron chi connectivity index (χ4n) is 3.17. The van der Waals surface area contributed by atoms with Crippen molar-refractivity contribution in [2.24, 2.45) is 0 Å². The summed E-state index contributed by atoms with van der Waals surface area (Å²) in [5, 5.41) is 1.41. The number of fused-ring (bicyclic) bond motifs is 2. The molecule has 2 aromatic heterocycles. The molecule has 0 aliphatic carbocycles. The van der Waals surface area contributed by atoms with E-state index in [2.05, 4.69) is 11.9 Å². The number of nitrogens with zero attached hydrogens (tertiary/aromatic N) is 4. The molecule has 0 N–H and O–H groups in total. The highest BCUT2D eigenvalue weighted by Crippen LogP contribution is 2.24. The average Bonchev–Trinajstić information content (AvgIpc) is 2.72. The van der Waals surface area contributed by atoms with E-state index in [9.17, 15) is 4.79 Å². The van der Waals surface area contributed by atoms with E-state index in [1.54, 1.807) is 16.3 Å². The van der Waals surface area contributed by atoms with Gasteiger partial charge in [0.2, 0.25) is 0 Å². The number of benzene rings is 2. The molecule has 0 fully saturated rings. The lowest BCUT2D eigenvalue weighted by Crippen LogP contribution is -2.23. The first kappa shape index (κ1) is 18.6. The first-order valence-electron chi connectivity index (χ1n) is 9.52. The summed E-state index contributed by atoms with van der Waals surface area (Å²) >= 11 is 1.55. The number of aryl methyl sites for hydroxylation is 1. The highest BCUT2D eigenvalue weighted by Gasteiger charge is 2.13. The van der Waals surface area contributed by atoms with E-state index < -0.39 is 0 Å². The maximum absolute atomic E-state index is 13.0. The Kier molecular flexibility index (Phi) is 5.39. The first-order chi connectivity index (χ1) is 13.7. The van der Waals surface area contributed by atoms with Crippen molar-refractivity contribution < 1.29 is 0 Å². The topological polar surface area (TPSA) is 60.7 Å². The molecule has 0 unspecified atom stereocenters. The van der Waals surface area contributed by atoms with Crippen molar-refractivity contribution in [2.75, 3.05) is 0 Å². The molecular weight excluding hydrogens is 368 g/mol. The Morgan fingerprint density at radius 1 is 0.929 bits per heavy atom. The van der Waals surface area contributed by atoms with Crippen LogP contribution in [-0.2, 0) is 12.3 Å². The molecule has 0 saturated carbocycles. The second-order valence-corrected chi connectivity index (χ2v) is 7.70. The molecule has 2 aromatic carbocycles. The summed E-state index contributed by atoms with van der Waals surface area (Å²) in [7, 11) is 0. The van der Waals surface area contributed by atoms with Crippen molar-refractivity contribution in [1.29, 1.82) is 0 Å². The Labute approximate surface area is 167 Å². The van der Waals surface area contributed by atoms with Gasteiger partial charge in [-0.05, 0) is 37.6 Å². The minimum Gasteiger partial charge on any atom is -0.287 e. The summed E-state index contributed by atoms with van der Waals surface area (Å²) in [6.45, 7) is 4.78. The summed E-state index contributed by atoms with van der Waals surface area (Å²) in [4.78, 5) is 27.2. The van der Waals surface area contributed by atoms with Crippen LogP contribution in [0.1, 0.15) is 31.2 Å². The van der Waals surface area contributed by atoms with Crippen LogP contribution in [-0.4, -0.2) is 19.5 Å². The SMILES string of the molecule is CCCCn1c(SCc2nc3ccccc3nc2C)nc2ccccc2c1=O. The molecule has 4 aromatic rings. The lowest BCUT2D eigenvalue weighted by atomic mass is 10.2. The maximum atomic E-state index is 13.0. The van der Waals surface area contributed by atoms with Gasteiger partial charge in [0.1, 0.15) is 0 Å². The van der Waals surface area contributed by atoms with Crippen LogP contribution >= 0.6 is 11.8 Å². The molecule has 0 radical (unpaired) electrons. The fraction of sp³-hybridized carbons (Fsp3) is 0.273. The minimum atomic E-state index is 0.0304. The van der Waals surface area contributed by atoms with E-state index in [4.69, 9.17) is 9.97 Å². The molecule has 0 aliphatic heterocycles. The van der Waals surface area contributed by atoms with Crippen molar-refractivity contribution in [2.45, 2.75) is 44.1 Å². The van der Waals surface area contributed by atoms with Crippen molar-refractivity contribution in [3.63, 3.8) is 0 Å². The normalized spacial score (nSPS) is 11.4. The number of thioether (sulfide) groups is 1. The lowest BCUT2D eigenvalue weighted by molar-refractivity contribution is 0.557. The van der Waals surface area contributed by atoms with Crippen LogP contribution in [0.4, 0.5) is 0 Å². The molecule has 0 spiro atoms. The number of rotatable bonds is 6. The van der Waals surface area contributed by atoms with Crippen LogP contribution in [0.15, 0.2) is 58.5 Å². The Bertz CT molecular complexity index is 1200. The molecular formula is C22H22N4OS. The Balaban J connectivity index is 1.71. The molecule has 0 atom stereocenters. The predicted octanol–water partition coefficient (Wildman–Crippen LogP) is 4.74. The van der Waals surface area contributed by atoms with Gasteiger partial charge in [-0.1, -0.05) is 49.4 Å². The van der Waals surface area contributed by atoms with E-state index in [1.165, 1.54) is 0 Å². The van der Waals surface area contributed by atoms with Crippen molar-refractivity contribution >= 4 is 33.7 Å². The fourth-order valence-corrected chi connectivity index (χ4v) is 4.20. The predicted molar refractivity (Wildman–Crippen MR) is 115 cm³/mol. The summed E-state index contributed by atoms with van der Waals surface area (Å²) in [6, 6.07) is 15.4. The zero-order chi connectivity index (χ0) is 19.5. The van der Waals surface area contributed by atoms with E-state index in [1.807, 2.05) is 55.5 Å². The highest BCUT2D eigenvalue weighted by atomic mass is 32.2. The van der Waals surface area contributed by atoms with Crippen LogP contribution in [0.2, 0.25) is 0 Å². The van der Waals surface area contributed by atoms with E-state index in [0.717, 1.165) is 45.9 Å².